The maximum Gasteiger partial charge on any atom is 0.232 e. The van der Waals surface area contributed by atoms with Crippen LogP contribution >= 0.6 is 11.3 Å². The lowest BCUT2D eigenvalue weighted by Crippen LogP contribution is -2.33. The number of carbonyl (C=O) groups excluding carboxylic acids is 2. The van der Waals surface area contributed by atoms with Gasteiger partial charge in [-0.1, -0.05) is 36.8 Å². The van der Waals surface area contributed by atoms with Crippen molar-refractivity contribution in [3.8, 4) is 5.75 Å². The number of benzene rings is 1. The highest BCUT2D eigenvalue weighted by Gasteiger charge is 2.44. The third-order valence-corrected chi connectivity index (χ3v) is 6.58. The summed E-state index contributed by atoms with van der Waals surface area (Å²) in [5.41, 5.74) is 0.948. The maximum atomic E-state index is 13.1. The first-order chi connectivity index (χ1) is 14.1. The van der Waals surface area contributed by atoms with Crippen molar-refractivity contribution in [3.05, 3.63) is 34.8 Å². The van der Waals surface area contributed by atoms with E-state index < -0.39 is 5.92 Å². The predicted octanol–water partition coefficient (Wildman–Crippen LogP) is 3.75. The Balaban J connectivity index is 1.56. The van der Waals surface area contributed by atoms with Gasteiger partial charge in [0.05, 0.1) is 19.1 Å². The summed E-state index contributed by atoms with van der Waals surface area (Å²) in [4.78, 5) is 27.7. The molecule has 1 N–H and O–H groups in total. The van der Waals surface area contributed by atoms with E-state index in [1.807, 2.05) is 29.2 Å². The molecule has 0 bridgehead atoms. The van der Waals surface area contributed by atoms with Crippen LogP contribution in [-0.2, 0) is 9.59 Å². The van der Waals surface area contributed by atoms with E-state index >= 15 is 0 Å². The molecule has 29 heavy (non-hydrogen) atoms. The van der Waals surface area contributed by atoms with E-state index in [1.165, 1.54) is 11.3 Å². The first kappa shape index (κ1) is 19.8. The molecule has 8 heteroatoms. The third-order valence-electron chi connectivity index (χ3n) is 5.58. The molecule has 2 atom stereocenters. The Hall–Kier alpha value is -2.48. The number of anilines is 1. The lowest BCUT2D eigenvalue weighted by molar-refractivity contribution is -0.129. The highest BCUT2D eigenvalue weighted by atomic mass is 32.1. The number of hydrogen-bond donors (Lipinski definition) is 1. The van der Waals surface area contributed by atoms with Gasteiger partial charge >= 0.3 is 0 Å². The largest absolute Gasteiger partial charge is 0.497 e. The van der Waals surface area contributed by atoms with Crippen molar-refractivity contribution in [2.75, 3.05) is 19.0 Å². The number of nitrogens with zero attached hydrogens (tertiary/aromatic N) is 3. The van der Waals surface area contributed by atoms with Crippen molar-refractivity contribution in [1.29, 1.82) is 0 Å². The topological polar surface area (TPSA) is 84.4 Å². The molecule has 2 heterocycles. The Morgan fingerprint density at radius 2 is 2.03 bits per heavy atom. The molecule has 154 valence electrons. The quantitative estimate of drug-likeness (QED) is 0.711. The van der Waals surface area contributed by atoms with Gasteiger partial charge < -0.3 is 15.0 Å². The Labute approximate surface area is 174 Å². The number of likely N-dealkylation sites (tertiary alicyclic amines) is 1. The number of methoxy groups -OCH3 is 1. The highest BCUT2D eigenvalue weighted by molar-refractivity contribution is 7.15. The van der Waals surface area contributed by atoms with Crippen LogP contribution in [-0.4, -0.2) is 40.6 Å². The van der Waals surface area contributed by atoms with Gasteiger partial charge in [0.15, 0.2) is 0 Å². The molecule has 0 spiro atoms. The summed E-state index contributed by atoms with van der Waals surface area (Å²) in [6.07, 6.45) is 4.40. The summed E-state index contributed by atoms with van der Waals surface area (Å²) in [5.74, 6) is 0.650. The molecular weight excluding hydrogens is 388 g/mol. The average molecular weight is 415 g/mol. The van der Waals surface area contributed by atoms with Crippen LogP contribution in [0, 0.1) is 5.92 Å². The summed E-state index contributed by atoms with van der Waals surface area (Å²) in [6.45, 7) is 2.75. The maximum absolute atomic E-state index is 13.1. The number of ether oxygens (including phenoxy) is 1. The molecular formula is C21H26N4O3S. The Kier molecular flexibility index (Phi) is 5.80. The summed E-state index contributed by atoms with van der Waals surface area (Å²) in [5, 5.41) is 12.7. The summed E-state index contributed by atoms with van der Waals surface area (Å²) < 4.78 is 5.25. The minimum Gasteiger partial charge on any atom is -0.497 e. The molecule has 1 saturated carbocycles. The van der Waals surface area contributed by atoms with Crippen molar-refractivity contribution in [3.63, 3.8) is 0 Å². The van der Waals surface area contributed by atoms with E-state index in [-0.39, 0.29) is 24.3 Å². The monoisotopic (exact) mass is 414 g/mol. The zero-order valence-corrected chi connectivity index (χ0v) is 17.6. The number of hydrogen-bond acceptors (Lipinski definition) is 6. The molecule has 2 amide bonds. The third kappa shape index (κ3) is 4.27. The van der Waals surface area contributed by atoms with Crippen LogP contribution in [0.5, 0.6) is 5.75 Å². The average Bonchev–Trinajstić information content (AvgIpc) is 3.39. The van der Waals surface area contributed by atoms with Crippen molar-refractivity contribution in [1.82, 2.24) is 15.1 Å². The Bertz CT molecular complexity index is 878. The zero-order valence-electron chi connectivity index (χ0n) is 16.8. The van der Waals surface area contributed by atoms with Crippen LogP contribution < -0.4 is 10.1 Å². The van der Waals surface area contributed by atoms with Crippen molar-refractivity contribution in [2.24, 2.45) is 5.92 Å². The van der Waals surface area contributed by atoms with E-state index in [4.69, 9.17) is 4.74 Å². The molecule has 2 aromatic rings. The van der Waals surface area contributed by atoms with Crippen LogP contribution in [0.15, 0.2) is 24.3 Å². The second-order valence-electron chi connectivity index (χ2n) is 7.68. The van der Waals surface area contributed by atoms with Gasteiger partial charge in [-0.3, -0.25) is 9.59 Å². The van der Waals surface area contributed by atoms with Gasteiger partial charge in [-0.25, -0.2) is 0 Å². The van der Waals surface area contributed by atoms with Gasteiger partial charge in [0.2, 0.25) is 16.9 Å². The molecule has 1 aliphatic heterocycles. The van der Waals surface area contributed by atoms with E-state index in [0.717, 1.165) is 42.0 Å². The van der Waals surface area contributed by atoms with Gasteiger partial charge in [0.25, 0.3) is 0 Å². The number of aromatic nitrogens is 2. The number of carbonyl (C=O) groups is 2. The summed E-state index contributed by atoms with van der Waals surface area (Å²) in [6, 6.07) is 7.35. The standard InChI is InChI=1S/C21H26N4O3S/c1-3-4-11-25-17(26)12-16(18(25)13-7-9-15(28-2)10-8-13)19(27)22-21-24-23-20(29-21)14-5-6-14/h7-10,14,16,18H,3-6,11-12H2,1-2H3,(H,22,24,27)/t16-,18+/m1/s1. The molecule has 1 aliphatic carbocycles. The fourth-order valence-electron chi connectivity index (χ4n) is 3.81. The predicted molar refractivity (Wildman–Crippen MR) is 111 cm³/mol. The first-order valence-corrected chi connectivity index (χ1v) is 11.0. The molecule has 4 rings (SSSR count). The van der Waals surface area contributed by atoms with E-state index in [0.29, 0.717) is 17.6 Å². The normalized spacial score (nSPS) is 21.4. The lowest BCUT2D eigenvalue weighted by atomic mass is 9.92. The minimum absolute atomic E-state index is 0.0235. The molecule has 2 fully saturated rings. The summed E-state index contributed by atoms with van der Waals surface area (Å²) in [7, 11) is 1.62. The second kappa shape index (κ2) is 8.49. The van der Waals surface area contributed by atoms with E-state index in [9.17, 15) is 9.59 Å². The Morgan fingerprint density at radius 1 is 1.28 bits per heavy atom. The van der Waals surface area contributed by atoms with Gasteiger partial charge in [0.1, 0.15) is 10.8 Å². The molecule has 1 saturated heterocycles. The van der Waals surface area contributed by atoms with Gasteiger partial charge in [-0.2, -0.15) is 0 Å². The molecule has 1 aromatic carbocycles. The minimum atomic E-state index is -0.457. The number of nitrogens with one attached hydrogen (secondary N) is 1. The van der Waals surface area contributed by atoms with Gasteiger partial charge in [0, 0.05) is 18.9 Å². The van der Waals surface area contributed by atoms with E-state index in [2.05, 4.69) is 22.4 Å². The van der Waals surface area contributed by atoms with Crippen LogP contribution in [0.3, 0.4) is 0 Å². The molecule has 1 aromatic heterocycles. The van der Waals surface area contributed by atoms with Crippen LogP contribution in [0.1, 0.15) is 61.6 Å². The fourth-order valence-corrected chi connectivity index (χ4v) is 4.72. The van der Waals surface area contributed by atoms with E-state index in [1.54, 1.807) is 7.11 Å². The molecule has 2 aliphatic rings. The zero-order chi connectivity index (χ0) is 20.4. The van der Waals surface area contributed by atoms with Gasteiger partial charge in [-0.05, 0) is 37.0 Å². The fraction of sp³-hybridized carbons (Fsp3) is 0.524. The SMILES string of the molecule is CCCCN1C(=O)C[C@@H](C(=O)Nc2nnc(C3CC3)s2)[C@@H]1c1ccc(OC)cc1. The molecule has 7 nitrogen and oxygen atoms in total. The number of rotatable bonds is 8. The molecule has 0 unspecified atom stereocenters. The Morgan fingerprint density at radius 3 is 2.69 bits per heavy atom. The summed E-state index contributed by atoms with van der Waals surface area (Å²) >= 11 is 1.44. The number of amides is 2. The van der Waals surface area contributed by atoms with Crippen molar-refractivity contribution in [2.45, 2.75) is 51.0 Å². The van der Waals surface area contributed by atoms with Crippen LogP contribution in [0.4, 0.5) is 5.13 Å². The van der Waals surface area contributed by atoms with Crippen molar-refractivity contribution >= 4 is 28.3 Å². The smallest absolute Gasteiger partial charge is 0.232 e. The van der Waals surface area contributed by atoms with Crippen molar-refractivity contribution < 1.29 is 14.3 Å². The highest BCUT2D eigenvalue weighted by Crippen LogP contribution is 2.43. The van der Waals surface area contributed by atoms with Crippen LogP contribution in [0.2, 0.25) is 0 Å². The first-order valence-electron chi connectivity index (χ1n) is 10.2. The van der Waals surface area contributed by atoms with Gasteiger partial charge in [-0.15, -0.1) is 10.2 Å². The number of unbranched alkanes of at least 4 members (excludes halogenated alkanes) is 1. The molecule has 0 radical (unpaired) electrons. The second-order valence-corrected chi connectivity index (χ2v) is 8.69. The lowest BCUT2D eigenvalue weighted by Gasteiger charge is -2.28. The van der Waals surface area contributed by atoms with Crippen LogP contribution in [0.25, 0.3) is 0 Å².